The molecule has 2 heterocycles. The molecule has 1 aliphatic carbocycles. The van der Waals surface area contributed by atoms with Gasteiger partial charge in [0.1, 0.15) is 11.2 Å². The number of imidazole rings is 1. The fourth-order valence-electron chi connectivity index (χ4n) is 2.79. The number of carbonyl (C=O) groups is 1. The first kappa shape index (κ1) is 18.6. The summed E-state index contributed by atoms with van der Waals surface area (Å²) in [7, 11) is 0. The first-order chi connectivity index (χ1) is 12.3. The largest absolute Gasteiger partial charge is 0.433 e. The van der Waals surface area contributed by atoms with Crippen molar-refractivity contribution >= 4 is 23.0 Å². The van der Waals surface area contributed by atoms with E-state index in [0.717, 1.165) is 25.3 Å². The number of fused-ring (bicyclic) bond motifs is 1. The lowest BCUT2D eigenvalue weighted by Crippen LogP contribution is -2.23. The Morgan fingerprint density at radius 3 is 2.65 bits per heavy atom. The summed E-state index contributed by atoms with van der Waals surface area (Å²) in [5.41, 5.74) is -0.481. The Balaban J connectivity index is 1.88. The lowest BCUT2D eigenvalue weighted by molar-refractivity contribution is -0.141. The molecule has 6 nitrogen and oxygen atoms in total. The van der Waals surface area contributed by atoms with Crippen LogP contribution in [0.15, 0.2) is 12.1 Å². The minimum Gasteiger partial charge on any atom is -0.378 e. The van der Waals surface area contributed by atoms with Gasteiger partial charge in [-0.05, 0) is 45.2 Å². The van der Waals surface area contributed by atoms with Gasteiger partial charge in [0.15, 0.2) is 5.65 Å². The molecule has 1 saturated carbocycles. The van der Waals surface area contributed by atoms with Gasteiger partial charge < -0.3 is 4.74 Å². The van der Waals surface area contributed by atoms with Crippen molar-refractivity contribution < 1.29 is 22.7 Å². The van der Waals surface area contributed by atoms with Gasteiger partial charge in [-0.3, -0.25) is 14.7 Å². The fraction of sp³-hybridized carbons (Fsp3) is 0.588. The zero-order valence-electron chi connectivity index (χ0n) is 14.6. The van der Waals surface area contributed by atoms with Crippen molar-refractivity contribution in [2.24, 2.45) is 0 Å². The van der Waals surface area contributed by atoms with E-state index in [2.05, 4.69) is 15.3 Å². The molecular weight excluding hydrogens is 349 g/mol. The highest BCUT2D eigenvalue weighted by Crippen LogP contribution is 2.37. The Labute approximate surface area is 148 Å². The molecule has 3 rings (SSSR count). The third-order valence-corrected chi connectivity index (χ3v) is 4.30. The molecule has 9 heteroatoms. The second-order valence-electron chi connectivity index (χ2n) is 6.64. The van der Waals surface area contributed by atoms with E-state index in [1.54, 1.807) is 4.57 Å². The summed E-state index contributed by atoms with van der Waals surface area (Å²) < 4.78 is 45.9. The minimum absolute atomic E-state index is 0.00167. The van der Waals surface area contributed by atoms with Crippen LogP contribution in [0, 0.1) is 0 Å². The molecule has 1 amide bonds. The molecule has 0 aromatic carbocycles. The summed E-state index contributed by atoms with van der Waals surface area (Å²) in [6.07, 6.45) is -1.73. The molecule has 0 spiro atoms. The Kier molecular flexibility index (Phi) is 5.17. The smallest absolute Gasteiger partial charge is 0.378 e. The van der Waals surface area contributed by atoms with Crippen LogP contribution in [0.3, 0.4) is 0 Å². The van der Waals surface area contributed by atoms with Gasteiger partial charge in [0, 0.05) is 6.04 Å². The van der Waals surface area contributed by atoms with E-state index in [-0.39, 0.29) is 42.7 Å². The van der Waals surface area contributed by atoms with E-state index in [4.69, 9.17) is 4.74 Å². The highest BCUT2D eigenvalue weighted by atomic mass is 19.4. The predicted octanol–water partition coefficient (Wildman–Crippen LogP) is 3.93. The van der Waals surface area contributed by atoms with Crippen molar-refractivity contribution in [3.63, 3.8) is 0 Å². The second-order valence-corrected chi connectivity index (χ2v) is 6.64. The van der Waals surface area contributed by atoms with E-state index in [1.807, 2.05) is 13.8 Å². The highest BCUT2D eigenvalue weighted by Gasteiger charge is 2.34. The number of amides is 1. The van der Waals surface area contributed by atoms with E-state index >= 15 is 0 Å². The second kappa shape index (κ2) is 7.22. The third-order valence-electron chi connectivity index (χ3n) is 4.30. The van der Waals surface area contributed by atoms with Crippen molar-refractivity contribution in [3.05, 3.63) is 17.8 Å². The van der Waals surface area contributed by atoms with Gasteiger partial charge in [0.05, 0.1) is 19.1 Å². The third kappa shape index (κ3) is 3.98. The highest BCUT2D eigenvalue weighted by molar-refractivity contribution is 5.91. The van der Waals surface area contributed by atoms with Crippen LogP contribution in [-0.4, -0.2) is 33.2 Å². The van der Waals surface area contributed by atoms with Crippen molar-refractivity contribution in [1.82, 2.24) is 14.5 Å². The monoisotopic (exact) mass is 370 g/mol. The molecule has 142 valence electrons. The maximum absolute atomic E-state index is 13.0. The number of halogens is 3. The molecule has 26 heavy (non-hydrogen) atoms. The molecule has 1 N–H and O–H groups in total. The number of aromatic nitrogens is 3. The summed E-state index contributed by atoms with van der Waals surface area (Å²) >= 11 is 0. The van der Waals surface area contributed by atoms with Crippen LogP contribution in [0.4, 0.5) is 19.1 Å². The van der Waals surface area contributed by atoms with E-state index in [0.29, 0.717) is 5.52 Å². The summed E-state index contributed by atoms with van der Waals surface area (Å²) in [6, 6.07) is 2.19. The fourth-order valence-corrected chi connectivity index (χ4v) is 2.79. The summed E-state index contributed by atoms with van der Waals surface area (Å²) in [5.74, 6) is -0.0522. The van der Waals surface area contributed by atoms with Crippen LogP contribution < -0.4 is 5.32 Å². The van der Waals surface area contributed by atoms with Gasteiger partial charge in [-0.25, -0.2) is 9.97 Å². The molecule has 0 bridgehead atoms. The number of carbonyl (C=O) groups excluding carboxylic acids is 1. The van der Waals surface area contributed by atoms with Gasteiger partial charge in [-0.15, -0.1) is 0 Å². The quantitative estimate of drug-likeness (QED) is 0.837. The van der Waals surface area contributed by atoms with Crippen LogP contribution in [0.25, 0.3) is 11.2 Å². The Bertz CT molecular complexity index is 797. The number of hydrogen-bond acceptors (Lipinski definition) is 4. The number of nitrogens with zero attached hydrogens (tertiary/aromatic N) is 3. The van der Waals surface area contributed by atoms with Crippen molar-refractivity contribution in [2.45, 2.75) is 57.9 Å². The predicted molar refractivity (Wildman–Crippen MR) is 89.8 cm³/mol. The molecule has 2 aromatic rings. The topological polar surface area (TPSA) is 69.0 Å². The molecule has 0 atom stereocenters. The average Bonchev–Trinajstić information content (AvgIpc) is 2.82. The maximum Gasteiger partial charge on any atom is 0.433 e. The minimum atomic E-state index is -4.53. The first-order valence-electron chi connectivity index (χ1n) is 8.63. The van der Waals surface area contributed by atoms with Crippen LogP contribution in [-0.2, 0) is 15.7 Å². The van der Waals surface area contributed by atoms with Crippen LogP contribution in [0.5, 0.6) is 0 Å². The maximum atomic E-state index is 13.0. The Morgan fingerprint density at radius 2 is 2.08 bits per heavy atom. The molecule has 0 radical (unpaired) electrons. The number of ether oxygens (including phenoxy) is 1. The van der Waals surface area contributed by atoms with Gasteiger partial charge >= 0.3 is 6.18 Å². The summed E-state index contributed by atoms with van der Waals surface area (Å²) in [4.78, 5) is 20.2. The molecule has 1 fully saturated rings. The van der Waals surface area contributed by atoms with Gasteiger partial charge in [-0.1, -0.05) is 0 Å². The van der Waals surface area contributed by atoms with Gasteiger partial charge in [-0.2, -0.15) is 13.2 Å². The standard InChI is InChI=1S/C17H21F3N4O2/c1-10(2)26-9-8-14(25)23-16-21-12-6-7-13(17(18,19)20)22-15(12)24(16)11-4-3-5-11/h6-7,10-11H,3-5,8-9H2,1-2H3,(H,21,23,25). The van der Waals surface area contributed by atoms with E-state index < -0.39 is 11.9 Å². The zero-order valence-corrected chi connectivity index (χ0v) is 14.6. The summed E-state index contributed by atoms with van der Waals surface area (Å²) in [5, 5.41) is 2.69. The number of nitrogens with one attached hydrogen (secondary N) is 1. The molecule has 0 unspecified atom stereocenters. The van der Waals surface area contributed by atoms with Gasteiger partial charge in [0.25, 0.3) is 0 Å². The van der Waals surface area contributed by atoms with Crippen molar-refractivity contribution in [1.29, 1.82) is 0 Å². The number of alkyl halides is 3. The number of anilines is 1. The van der Waals surface area contributed by atoms with Crippen LogP contribution in [0.2, 0.25) is 0 Å². The zero-order chi connectivity index (χ0) is 18.9. The molecule has 0 aliphatic heterocycles. The van der Waals surface area contributed by atoms with Crippen molar-refractivity contribution in [2.75, 3.05) is 11.9 Å². The van der Waals surface area contributed by atoms with E-state index in [1.165, 1.54) is 6.07 Å². The van der Waals surface area contributed by atoms with Gasteiger partial charge in [0.2, 0.25) is 11.9 Å². The molecular formula is C17H21F3N4O2. The molecule has 1 aliphatic rings. The van der Waals surface area contributed by atoms with Crippen molar-refractivity contribution in [3.8, 4) is 0 Å². The molecule has 2 aromatic heterocycles. The van der Waals surface area contributed by atoms with Crippen LogP contribution >= 0.6 is 0 Å². The number of rotatable bonds is 6. The Morgan fingerprint density at radius 1 is 1.35 bits per heavy atom. The average molecular weight is 370 g/mol. The number of pyridine rings is 1. The normalized spacial score (nSPS) is 15.5. The first-order valence-corrected chi connectivity index (χ1v) is 8.63. The lowest BCUT2D eigenvalue weighted by atomic mass is 9.93. The SMILES string of the molecule is CC(C)OCCC(=O)Nc1nc2ccc(C(F)(F)F)nc2n1C1CCC1. The van der Waals surface area contributed by atoms with Crippen LogP contribution in [0.1, 0.15) is 51.3 Å². The lowest BCUT2D eigenvalue weighted by Gasteiger charge is -2.28. The molecule has 0 saturated heterocycles. The Hall–Kier alpha value is -2.16. The van der Waals surface area contributed by atoms with E-state index in [9.17, 15) is 18.0 Å². The number of hydrogen-bond donors (Lipinski definition) is 1. The summed E-state index contributed by atoms with van der Waals surface area (Å²) in [6.45, 7) is 4.01.